The van der Waals surface area contributed by atoms with Crippen molar-refractivity contribution in [3.8, 4) is 0 Å². The lowest BCUT2D eigenvalue weighted by Gasteiger charge is -2.04. The number of carbonyl (C=O) groups excluding carboxylic acids is 1. The van der Waals surface area contributed by atoms with E-state index in [1.807, 2.05) is 6.92 Å². The van der Waals surface area contributed by atoms with E-state index in [9.17, 15) is 4.79 Å². The van der Waals surface area contributed by atoms with E-state index < -0.39 is 0 Å². The average molecular weight is 165 g/mol. The molecule has 1 fully saturated rings. The minimum atomic E-state index is 0. The summed E-state index contributed by atoms with van der Waals surface area (Å²) in [4.78, 5) is 10.8. The van der Waals surface area contributed by atoms with Crippen LogP contribution in [0.1, 0.15) is 13.3 Å². The summed E-state index contributed by atoms with van der Waals surface area (Å²) in [6, 6.07) is 0.0787. The summed E-state index contributed by atoms with van der Waals surface area (Å²) in [5.41, 5.74) is 0. The standard InChI is InChI=1S/C6H12N2O.ClH/c1-2-7-5-3-4-8-6(5)9;/h5,7H,2-4H2,1H3,(H,8,9);1H. The van der Waals surface area contributed by atoms with Gasteiger partial charge in [0, 0.05) is 6.54 Å². The quantitative estimate of drug-likeness (QED) is 0.599. The van der Waals surface area contributed by atoms with Crippen LogP contribution < -0.4 is 10.6 Å². The molecule has 1 rings (SSSR count). The van der Waals surface area contributed by atoms with Gasteiger partial charge in [-0.1, -0.05) is 6.92 Å². The monoisotopic (exact) mass is 164 g/mol. The smallest absolute Gasteiger partial charge is 0.237 e. The fourth-order valence-corrected chi connectivity index (χ4v) is 1.04. The normalized spacial score (nSPS) is 23.7. The van der Waals surface area contributed by atoms with Crippen molar-refractivity contribution in [1.29, 1.82) is 0 Å². The lowest BCUT2D eigenvalue weighted by Crippen LogP contribution is -2.35. The molecule has 1 aliphatic rings. The number of halogens is 1. The first kappa shape index (κ1) is 9.72. The lowest BCUT2D eigenvalue weighted by molar-refractivity contribution is -0.120. The second-order valence-corrected chi connectivity index (χ2v) is 2.19. The minimum absolute atomic E-state index is 0. The molecule has 0 aromatic heterocycles. The summed E-state index contributed by atoms with van der Waals surface area (Å²) in [6.07, 6.45) is 0.937. The Labute approximate surface area is 67.0 Å². The highest BCUT2D eigenvalue weighted by atomic mass is 35.5. The minimum Gasteiger partial charge on any atom is -0.355 e. The summed E-state index contributed by atoms with van der Waals surface area (Å²) < 4.78 is 0. The number of hydrogen-bond acceptors (Lipinski definition) is 2. The first-order valence-electron chi connectivity index (χ1n) is 3.35. The third kappa shape index (κ3) is 2.15. The largest absolute Gasteiger partial charge is 0.355 e. The van der Waals surface area contributed by atoms with Crippen molar-refractivity contribution in [1.82, 2.24) is 10.6 Å². The van der Waals surface area contributed by atoms with Crippen LogP contribution >= 0.6 is 12.4 Å². The van der Waals surface area contributed by atoms with Gasteiger partial charge in [-0.2, -0.15) is 0 Å². The third-order valence-electron chi connectivity index (χ3n) is 1.50. The van der Waals surface area contributed by atoms with Gasteiger partial charge in [0.15, 0.2) is 0 Å². The first-order chi connectivity index (χ1) is 4.34. The van der Waals surface area contributed by atoms with Gasteiger partial charge in [0.1, 0.15) is 0 Å². The predicted molar refractivity (Wildman–Crippen MR) is 42.3 cm³/mol. The maximum absolute atomic E-state index is 10.8. The zero-order chi connectivity index (χ0) is 6.69. The van der Waals surface area contributed by atoms with E-state index in [0.29, 0.717) is 0 Å². The van der Waals surface area contributed by atoms with Gasteiger partial charge in [0.25, 0.3) is 0 Å². The Kier molecular flexibility index (Phi) is 4.40. The fraction of sp³-hybridized carbons (Fsp3) is 0.833. The van der Waals surface area contributed by atoms with Gasteiger partial charge in [-0.05, 0) is 13.0 Å². The van der Waals surface area contributed by atoms with Crippen molar-refractivity contribution in [3.05, 3.63) is 0 Å². The molecule has 4 heteroatoms. The van der Waals surface area contributed by atoms with Gasteiger partial charge < -0.3 is 10.6 Å². The Hall–Kier alpha value is -0.280. The summed E-state index contributed by atoms with van der Waals surface area (Å²) in [6.45, 7) is 3.71. The molecule has 2 N–H and O–H groups in total. The SMILES string of the molecule is CCNC1CCNC1=O.Cl. The summed E-state index contributed by atoms with van der Waals surface area (Å²) in [5, 5.41) is 5.84. The van der Waals surface area contributed by atoms with Crippen molar-refractivity contribution in [2.45, 2.75) is 19.4 Å². The number of amides is 1. The van der Waals surface area contributed by atoms with Gasteiger partial charge >= 0.3 is 0 Å². The van der Waals surface area contributed by atoms with Gasteiger partial charge in [-0.3, -0.25) is 4.79 Å². The molecule has 0 radical (unpaired) electrons. The third-order valence-corrected chi connectivity index (χ3v) is 1.50. The number of carbonyl (C=O) groups is 1. The molecule has 0 spiro atoms. The topological polar surface area (TPSA) is 41.1 Å². The van der Waals surface area contributed by atoms with Crippen molar-refractivity contribution in [2.24, 2.45) is 0 Å². The fourth-order valence-electron chi connectivity index (χ4n) is 1.04. The van der Waals surface area contributed by atoms with E-state index in [0.717, 1.165) is 19.5 Å². The zero-order valence-electron chi connectivity index (χ0n) is 6.02. The van der Waals surface area contributed by atoms with Crippen molar-refractivity contribution in [3.63, 3.8) is 0 Å². The van der Waals surface area contributed by atoms with E-state index in [1.165, 1.54) is 0 Å². The molecule has 1 unspecified atom stereocenters. The second kappa shape index (κ2) is 4.52. The molecule has 0 aromatic rings. The van der Waals surface area contributed by atoms with Crippen molar-refractivity contribution >= 4 is 18.3 Å². The highest BCUT2D eigenvalue weighted by Gasteiger charge is 2.21. The van der Waals surface area contributed by atoms with Crippen LogP contribution in [-0.2, 0) is 4.79 Å². The highest BCUT2D eigenvalue weighted by Crippen LogP contribution is 1.97. The van der Waals surface area contributed by atoms with Crippen LogP contribution in [0.3, 0.4) is 0 Å². The van der Waals surface area contributed by atoms with Gasteiger partial charge in [0.2, 0.25) is 5.91 Å². The van der Waals surface area contributed by atoms with Crippen LogP contribution in [0.25, 0.3) is 0 Å². The van der Waals surface area contributed by atoms with Crippen LogP contribution in [0.2, 0.25) is 0 Å². The van der Waals surface area contributed by atoms with Crippen LogP contribution in [-0.4, -0.2) is 25.0 Å². The summed E-state index contributed by atoms with van der Waals surface area (Å²) in [7, 11) is 0. The van der Waals surface area contributed by atoms with Gasteiger partial charge in [-0.25, -0.2) is 0 Å². The van der Waals surface area contributed by atoms with Gasteiger partial charge in [0.05, 0.1) is 6.04 Å². The molecule has 60 valence electrons. The van der Waals surface area contributed by atoms with E-state index in [2.05, 4.69) is 10.6 Å². The number of nitrogens with one attached hydrogen (secondary N) is 2. The molecule has 3 nitrogen and oxygen atoms in total. The highest BCUT2D eigenvalue weighted by molar-refractivity contribution is 5.85. The van der Waals surface area contributed by atoms with E-state index in [-0.39, 0.29) is 24.4 Å². The maximum atomic E-state index is 10.8. The molecule has 10 heavy (non-hydrogen) atoms. The molecular weight excluding hydrogens is 152 g/mol. The molecule has 0 aromatic carbocycles. The van der Waals surface area contributed by atoms with Gasteiger partial charge in [-0.15, -0.1) is 12.4 Å². The van der Waals surface area contributed by atoms with Crippen LogP contribution in [0.4, 0.5) is 0 Å². The summed E-state index contributed by atoms with van der Waals surface area (Å²) in [5.74, 6) is 0.150. The van der Waals surface area contributed by atoms with Crippen molar-refractivity contribution in [2.75, 3.05) is 13.1 Å². The Morgan fingerprint density at radius 2 is 2.50 bits per heavy atom. The lowest BCUT2D eigenvalue weighted by atomic mass is 10.2. The first-order valence-corrected chi connectivity index (χ1v) is 3.35. The zero-order valence-corrected chi connectivity index (χ0v) is 6.83. The van der Waals surface area contributed by atoms with E-state index in [1.54, 1.807) is 0 Å². The molecule has 0 bridgehead atoms. The number of likely N-dealkylation sites (N-methyl/N-ethyl adjacent to an activating group) is 1. The molecule has 0 aliphatic carbocycles. The Morgan fingerprint density at radius 3 is 2.90 bits per heavy atom. The average Bonchev–Trinajstić information content (AvgIpc) is 2.18. The summed E-state index contributed by atoms with van der Waals surface area (Å²) >= 11 is 0. The van der Waals surface area contributed by atoms with Crippen molar-refractivity contribution < 1.29 is 4.79 Å². The molecule has 1 saturated heterocycles. The molecule has 1 atom stereocenters. The second-order valence-electron chi connectivity index (χ2n) is 2.19. The maximum Gasteiger partial charge on any atom is 0.237 e. The van der Waals surface area contributed by atoms with Crippen LogP contribution in [0.5, 0.6) is 0 Å². The van der Waals surface area contributed by atoms with Crippen LogP contribution in [0.15, 0.2) is 0 Å². The van der Waals surface area contributed by atoms with E-state index in [4.69, 9.17) is 0 Å². The molecule has 1 amide bonds. The molecule has 1 aliphatic heterocycles. The Balaban J connectivity index is 0.000000810. The Morgan fingerprint density at radius 1 is 1.80 bits per heavy atom. The molecular formula is C6H13ClN2O. The number of rotatable bonds is 2. The molecule has 1 heterocycles. The number of hydrogen-bond donors (Lipinski definition) is 2. The van der Waals surface area contributed by atoms with Crippen LogP contribution in [0, 0.1) is 0 Å². The molecule has 0 saturated carbocycles. The van der Waals surface area contributed by atoms with E-state index >= 15 is 0 Å². The predicted octanol–water partition coefficient (Wildman–Crippen LogP) is -0.0938. The Bertz CT molecular complexity index is 118.